The number of para-hydroxylation sites is 1. The molecule has 1 amide bonds. The number of nitrogens with zero attached hydrogens (tertiary/aromatic N) is 1. The van der Waals surface area contributed by atoms with Crippen LogP contribution in [0.25, 0.3) is 17.0 Å². The van der Waals surface area contributed by atoms with Gasteiger partial charge in [-0.1, -0.05) is 24.3 Å². The van der Waals surface area contributed by atoms with Gasteiger partial charge in [0.05, 0.1) is 13.7 Å². The lowest BCUT2D eigenvalue weighted by molar-refractivity contribution is -0.142. The first-order valence-electron chi connectivity index (χ1n) is 10.5. The number of esters is 1. The van der Waals surface area contributed by atoms with E-state index in [9.17, 15) is 14.9 Å². The summed E-state index contributed by atoms with van der Waals surface area (Å²) in [6, 6.07) is 14.8. The van der Waals surface area contributed by atoms with E-state index < -0.39 is 11.9 Å². The molecular formula is C25H25N3O5. The molecule has 0 radical (unpaired) electrons. The molecular weight excluding hydrogens is 422 g/mol. The molecule has 0 bridgehead atoms. The van der Waals surface area contributed by atoms with E-state index >= 15 is 0 Å². The molecule has 1 heterocycles. The van der Waals surface area contributed by atoms with Crippen LogP contribution >= 0.6 is 0 Å². The van der Waals surface area contributed by atoms with E-state index in [1.54, 1.807) is 18.2 Å². The maximum Gasteiger partial charge on any atom is 0.343 e. The molecule has 170 valence electrons. The SMILES string of the molecule is CCOc1cc(C=C(C#N)C(=O)NCCc2c[nH]c3ccccc23)ccc1OCC(=O)OC. The van der Waals surface area contributed by atoms with E-state index in [1.807, 2.05) is 43.5 Å². The summed E-state index contributed by atoms with van der Waals surface area (Å²) in [4.78, 5) is 27.1. The third kappa shape index (κ3) is 6.14. The fourth-order valence-electron chi connectivity index (χ4n) is 3.26. The number of carbonyl (C=O) groups excluding carboxylic acids is 2. The Labute approximate surface area is 191 Å². The number of rotatable bonds is 10. The third-order valence-corrected chi connectivity index (χ3v) is 4.87. The smallest absolute Gasteiger partial charge is 0.343 e. The molecule has 0 unspecified atom stereocenters. The monoisotopic (exact) mass is 447 g/mol. The molecule has 0 fully saturated rings. The second kappa shape index (κ2) is 11.4. The number of hydrogen-bond donors (Lipinski definition) is 2. The van der Waals surface area contributed by atoms with E-state index in [2.05, 4.69) is 15.0 Å². The van der Waals surface area contributed by atoms with Crippen LogP contribution in [0.4, 0.5) is 0 Å². The topological polar surface area (TPSA) is 113 Å². The van der Waals surface area contributed by atoms with Gasteiger partial charge in [-0.15, -0.1) is 0 Å². The average Bonchev–Trinajstić information content (AvgIpc) is 3.25. The van der Waals surface area contributed by atoms with Gasteiger partial charge in [0.15, 0.2) is 18.1 Å². The van der Waals surface area contributed by atoms with Crippen molar-refractivity contribution in [1.82, 2.24) is 10.3 Å². The molecule has 8 heteroatoms. The summed E-state index contributed by atoms with van der Waals surface area (Å²) in [6.07, 6.45) is 4.04. The van der Waals surface area contributed by atoms with Crippen LogP contribution in [0, 0.1) is 11.3 Å². The van der Waals surface area contributed by atoms with Crippen molar-refractivity contribution >= 4 is 28.9 Å². The van der Waals surface area contributed by atoms with Gasteiger partial charge in [-0.05, 0) is 48.7 Å². The number of aromatic nitrogens is 1. The Kier molecular flexibility index (Phi) is 8.08. The molecule has 1 aromatic heterocycles. The normalized spacial score (nSPS) is 11.0. The molecule has 33 heavy (non-hydrogen) atoms. The van der Waals surface area contributed by atoms with Crippen LogP contribution in [-0.2, 0) is 20.7 Å². The lowest BCUT2D eigenvalue weighted by Gasteiger charge is -2.12. The second-order valence-corrected chi connectivity index (χ2v) is 7.04. The van der Waals surface area contributed by atoms with Crippen molar-refractivity contribution < 1.29 is 23.8 Å². The molecule has 0 aliphatic heterocycles. The van der Waals surface area contributed by atoms with Gasteiger partial charge in [-0.2, -0.15) is 5.26 Å². The highest BCUT2D eigenvalue weighted by atomic mass is 16.6. The van der Waals surface area contributed by atoms with E-state index in [-0.39, 0.29) is 12.2 Å². The number of methoxy groups -OCH3 is 1. The highest BCUT2D eigenvalue weighted by molar-refractivity contribution is 6.01. The van der Waals surface area contributed by atoms with Crippen molar-refractivity contribution in [3.8, 4) is 17.6 Å². The number of H-pyrrole nitrogens is 1. The van der Waals surface area contributed by atoms with Gasteiger partial charge in [0.1, 0.15) is 11.6 Å². The molecule has 0 aliphatic carbocycles. The number of amides is 1. The summed E-state index contributed by atoms with van der Waals surface area (Å²) in [7, 11) is 1.28. The minimum atomic E-state index is -0.516. The molecule has 0 aliphatic rings. The van der Waals surface area contributed by atoms with E-state index in [1.165, 1.54) is 13.2 Å². The van der Waals surface area contributed by atoms with Gasteiger partial charge in [-0.25, -0.2) is 4.79 Å². The van der Waals surface area contributed by atoms with Crippen molar-refractivity contribution in [3.05, 3.63) is 65.4 Å². The summed E-state index contributed by atoms with van der Waals surface area (Å²) in [6.45, 7) is 2.33. The Morgan fingerprint density at radius 3 is 2.73 bits per heavy atom. The Morgan fingerprint density at radius 1 is 1.15 bits per heavy atom. The maximum atomic E-state index is 12.5. The van der Waals surface area contributed by atoms with Crippen LogP contribution in [0.3, 0.4) is 0 Å². The van der Waals surface area contributed by atoms with E-state index in [0.29, 0.717) is 36.6 Å². The lowest BCUT2D eigenvalue weighted by atomic mass is 10.1. The zero-order chi connectivity index (χ0) is 23.6. The lowest BCUT2D eigenvalue weighted by Crippen LogP contribution is -2.26. The number of aromatic amines is 1. The number of nitriles is 1. The number of ether oxygens (including phenoxy) is 3. The second-order valence-electron chi connectivity index (χ2n) is 7.04. The molecule has 3 rings (SSSR count). The highest BCUT2D eigenvalue weighted by Gasteiger charge is 2.12. The Hall–Kier alpha value is -4.25. The first-order valence-corrected chi connectivity index (χ1v) is 10.5. The van der Waals surface area contributed by atoms with Crippen molar-refractivity contribution in [2.45, 2.75) is 13.3 Å². The largest absolute Gasteiger partial charge is 0.490 e. The van der Waals surface area contributed by atoms with Gasteiger partial charge < -0.3 is 24.5 Å². The Morgan fingerprint density at radius 2 is 1.97 bits per heavy atom. The van der Waals surface area contributed by atoms with Crippen molar-refractivity contribution in [2.24, 2.45) is 0 Å². The van der Waals surface area contributed by atoms with Gasteiger partial charge in [0.2, 0.25) is 0 Å². The predicted octanol–water partition coefficient (Wildman–Crippen LogP) is 3.38. The van der Waals surface area contributed by atoms with Crippen molar-refractivity contribution in [2.75, 3.05) is 26.9 Å². The van der Waals surface area contributed by atoms with Crippen molar-refractivity contribution in [1.29, 1.82) is 5.26 Å². The average molecular weight is 447 g/mol. The van der Waals surface area contributed by atoms with Gasteiger partial charge in [0.25, 0.3) is 5.91 Å². The maximum absolute atomic E-state index is 12.5. The number of carbonyl (C=O) groups is 2. The van der Waals surface area contributed by atoms with Gasteiger partial charge >= 0.3 is 5.97 Å². The molecule has 0 atom stereocenters. The molecule has 0 saturated heterocycles. The molecule has 8 nitrogen and oxygen atoms in total. The number of nitrogens with one attached hydrogen (secondary N) is 2. The molecule has 0 spiro atoms. The quantitative estimate of drug-likeness (QED) is 0.280. The van der Waals surface area contributed by atoms with Crippen LogP contribution in [0.2, 0.25) is 0 Å². The minimum absolute atomic E-state index is 0.0281. The summed E-state index contributed by atoms with van der Waals surface area (Å²) in [5.74, 6) is -0.216. The summed E-state index contributed by atoms with van der Waals surface area (Å²) < 4.78 is 15.6. The standard InChI is InChI=1S/C25H25N3O5/c1-3-32-23-13-17(8-9-22(23)33-16-24(29)31-2)12-19(14-26)25(30)27-11-10-18-15-28-21-7-5-4-6-20(18)21/h4-9,12-13,15,28H,3,10-11,16H2,1-2H3,(H,27,30). The van der Waals surface area contributed by atoms with E-state index in [4.69, 9.17) is 9.47 Å². The fraction of sp³-hybridized carbons (Fsp3) is 0.240. The number of hydrogen-bond acceptors (Lipinski definition) is 6. The highest BCUT2D eigenvalue weighted by Crippen LogP contribution is 2.29. The molecule has 2 N–H and O–H groups in total. The first-order chi connectivity index (χ1) is 16.0. The van der Waals surface area contributed by atoms with Crippen molar-refractivity contribution in [3.63, 3.8) is 0 Å². The van der Waals surface area contributed by atoms with Crippen LogP contribution in [0.5, 0.6) is 11.5 Å². The number of fused-ring (bicyclic) bond motifs is 1. The van der Waals surface area contributed by atoms with E-state index in [0.717, 1.165) is 16.5 Å². The molecule has 2 aromatic carbocycles. The Balaban J connectivity index is 1.66. The number of benzene rings is 2. The fourth-order valence-corrected chi connectivity index (χ4v) is 3.26. The van der Waals surface area contributed by atoms with Crippen LogP contribution < -0.4 is 14.8 Å². The Bertz CT molecular complexity index is 1210. The zero-order valence-electron chi connectivity index (χ0n) is 18.5. The molecule has 0 saturated carbocycles. The molecule has 3 aromatic rings. The van der Waals surface area contributed by atoms with Gasteiger partial charge in [0, 0.05) is 23.6 Å². The van der Waals surface area contributed by atoms with Crippen LogP contribution in [0.1, 0.15) is 18.1 Å². The van der Waals surface area contributed by atoms with Gasteiger partial charge in [-0.3, -0.25) is 4.79 Å². The summed E-state index contributed by atoms with van der Waals surface area (Å²) in [5, 5.41) is 13.4. The van der Waals surface area contributed by atoms with Crippen LogP contribution in [0.15, 0.2) is 54.2 Å². The predicted molar refractivity (Wildman–Crippen MR) is 124 cm³/mol. The summed E-state index contributed by atoms with van der Waals surface area (Å²) in [5.41, 5.74) is 2.70. The zero-order valence-corrected chi connectivity index (χ0v) is 18.5. The first kappa shape index (κ1) is 23.4. The minimum Gasteiger partial charge on any atom is -0.490 e. The summed E-state index contributed by atoms with van der Waals surface area (Å²) >= 11 is 0. The third-order valence-electron chi connectivity index (χ3n) is 4.87. The van der Waals surface area contributed by atoms with Crippen LogP contribution in [-0.4, -0.2) is 43.7 Å².